The molecule has 0 bridgehead atoms. The second-order valence-electron chi connectivity index (χ2n) is 5.92. The van der Waals surface area contributed by atoms with Crippen molar-refractivity contribution in [3.05, 3.63) is 29.8 Å². The molecule has 0 atom stereocenters. The highest BCUT2D eigenvalue weighted by molar-refractivity contribution is 14.0. The van der Waals surface area contributed by atoms with Gasteiger partial charge in [-0.2, -0.15) is 0 Å². The van der Waals surface area contributed by atoms with Crippen LogP contribution in [0.5, 0.6) is 5.75 Å². The summed E-state index contributed by atoms with van der Waals surface area (Å²) in [5, 5.41) is 3.17. The van der Waals surface area contributed by atoms with E-state index in [1.807, 2.05) is 24.3 Å². The SMILES string of the molecule is COCCOc1ccc(CN=C(N)NCCCN2CCOCC2)cc1.I. The van der Waals surface area contributed by atoms with Crippen molar-refractivity contribution in [2.24, 2.45) is 10.7 Å². The normalized spacial score (nSPS) is 15.3. The summed E-state index contributed by atoms with van der Waals surface area (Å²) in [6, 6.07) is 7.87. The van der Waals surface area contributed by atoms with Gasteiger partial charge in [0, 0.05) is 26.7 Å². The molecule has 8 heteroatoms. The van der Waals surface area contributed by atoms with Gasteiger partial charge < -0.3 is 25.3 Å². The van der Waals surface area contributed by atoms with Gasteiger partial charge in [-0.1, -0.05) is 12.1 Å². The van der Waals surface area contributed by atoms with E-state index >= 15 is 0 Å². The second kappa shape index (κ2) is 14.0. The molecule has 3 N–H and O–H groups in total. The number of rotatable bonds is 10. The zero-order valence-corrected chi connectivity index (χ0v) is 17.8. The molecule has 7 nitrogen and oxygen atoms in total. The van der Waals surface area contributed by atoms with Crippen LogP contribution in [0.25, 0.3) is 0 Å². The third-order valence-corrected chi connectivity index (χ3v) is 3.97. The van der Waals surface area contributed by atoms with Gasteiger partial charge in [-0.25, -0.2) is 4.99 Å². The van der Waals surface area contributed by atoms with Crippen molar-refractivity contribution in [3.63, 3.8) is 0 Å². The molecule has 0 amide bonds. The molecule has 148 valence electrons. The van der Waals surface area contributed by atoms with E-state index in [1.54, 1.807) is 7.11 Å². The molecule has 0 saturated carbocycles. The monoisotopic (exact) mass is 478 g/mol. The minimum atomic E-state index is 0. The van der Waals surface area contributed by atoms with Crippen molar-refractivity contribution in [3.8, 4) is 5.75 Å². The second-order valence-corrected chi connectivity index (χ2v) is 5.92. The molecular formula is C18H31IN4O3. The Morgan fingerprint density at radius 2 is 1.96 bits per heavy atom. The number of halogens is 1. The molecule has 1 heterocycles. The zero-order chi connectivity index (χ0) is 17.7. The summed E-state index contributed by atoms with van der Waals surface area (Å²) in [6.45, 7) is 7.31. The number of hydrogen-bond donors (Lipinski definition) is 2. The Morgan fingerprint density at radius 1 is 1.23 bits per heavy atom. The molecule has 0 aliphatic carbocycles. The van der Waals surface area contributed by atoms with Crippen LogP contribution in [0.15, 0.2) is 29.3 Å². The fraction of sp³-hybridized carbons (Fsp3) is 0.611. The molecule has 26 heavy (non-hydrogen) atoms. The van der Waals surface area contributed by atoms with Crippen LogP contribution in [-0.4, -0.2) is 70.6 Å². The van der Waals surface area contributed by atoms with Gasteiger partial charge in [-0.15, -0.1) is 24.0 Å². The highest BCUT2D eigenvalue weighted by Gasteiger charge is 2.08. The van der Waals surface area contributed by atoms with Crippen molar-refractivity contribution < 1.29 is 14.2 Å². The Bertz CT molecular complexity index is 508. The third kappa shape index (κ3) is 9.56. The Labute approximate surface area is 173 Å². The van der Waals surface area contributed by atoms with Crippen molar-refractivity contribution in [1.29, 1.82) is 0 Å². The predicted octanol–water partition coefficient (Wildman–Crippen LogP) is 1.46. The van der Waals surface area contributed by atoms with Gasteiger partial charge in [0.25, 0.3) is 0 Å². The van der Waals surface area contributed by atoms with Gasteiger partial charge in [-0.05, 0) is 30.7 Å². The average molecular weight is 478 g/mol. The molecule has 1 aromatic rings. The van der Waals surface area contributed by atoms with Gasteiger partial charge in [0.05, 0.1) is 26.4 Å². The standard InChI is InChI=1S/C18H30N4O3.HI/c1-23-13-14-25-17-5-3-16(4-6-17)15-21-18(19)20-7-2-8-22-9-11-24-12-10-22;/h3-6H,2,7-15H2,1H3,(H3,19,20,21);1H. The van der Waals surface area contributed by atoms with Gasteiger partial charge in [0.1, 0.15) is 12.4 Å². The number of ether oxygens (including phenoxy) is 3. The molecule has 0 aromatic heterocycles. The lowest BCUT2D eigenvalue weighted by Gasteiger charge is -2.26. The molecule has 2 rings (SSSR count). The first-order valence-corrected chi connectivity index (χ1v) is 8.82. The number of aliphatic imine (C=N–C) groups is 1. The van der Waals surface area contributed by atoms with Crippen LogP contribution in [0, 0.1) is 0 Å². The molecule has 0 radical (unpaired) electrons. The van der Waals surface area contributed by atoms with E-state index in [2.05, 4.69) is 15.2 Å². The van der Waals surface area contributed by atoms with E-state index < -0.39 is 0 Å². The fourth-order valence-electron chi connectivity index (χ4n) is 2.51. The van der Waals surface area contributed by atoms with E-state index in [1.165, 1.54) is 0 Å². The van der Waals surface area contributed by atoms with Gasteiger partial charge >= 0.3 is 0 Å². The summed E-state index contributed by atoms with van der Waals surface area (Å²) in [5.74, 6) is 1.32. The number of nitrogens with zero attached hydrogens (tertiary/aromatic N) is 2. The summed E-state index contributed by atoms with van der Waals surface area (Å²) in [5.41, 5.74) is 7.01. The van der Waals surface area contributed by atoms with Crippen molar-refractivity contribution in [2.75, 3.05) is 59.7 Å². The first kappa shape index (κ1) is 22.9. The van der Waals surface area contributed by atoms with E-state index in [-0.39, 0.29) is 24.0 Å². The third-order valence-electron chi connectivity index (χ3n) is 3.97. The van der Waals surface area contributed by atoms with Gasteiger partial charge in [0.15, 0.2) is 5.96 Å². The Hall–Kier alpha value is -1.10. The lowest BCUT2D eigenvalue weighted by atomic mass is 10.2. The molecule has 1 aliphatic rings. The molecule has 0 spiro atoms. The van der Waals surface area contributed by atoms with Crippen LogP contribution >= 0.6 is 24.0 Å². The Balaban J connectivity index is 0.00000338. The maximum Gasteiger partial charge on any atom is 0.188 e. The summed E-state index contributed by atoms with van der Waals surface area (Å²) in [7, 11) is 1.66. The Kier molecular flexibility index (Phi) is 12.4. The summed E-state index contributed by atoms with van der Waals surface area (Å²) in [4.78, 5) is 6.78. The first-order valence-electron chi connectivity index (χ1n) is 8.82. The van der Waals surface area contributed by atoms with Crippen molar-refractivity contribution in [1.82, 2.24) is 10.2 Å². The lowest BCUT2D eigenvalue weighted by molar-refractivity contribution is 0.0376. The van der Waals surface area contributed by atoms with E-state index in [0.29, 0.717) is 25.7 Å². The van der Waals surface area contributed by atoms with Crippen LogP contribution in [0.4, 0.5) is 0 Å². The van der Waals surface area contributed by atoms with Gasteiger partial charge in [0.2, 0.25) is 0 Å². The number of morpholine rings is 1. The molecule has 1 saturated heterocycles. The fourth-order valence-corrected chi connectivity index (χ4v) is 2.51. The largest absolute Gasteiger partial charge is 0.491 e. The smallest absolute Gasteiger partial charge is 0.188 e. The van der Waals surface area contributed by atoms with Gasteiger partial charge in [-0.3, -0.25) is 4.90 Å². The summed E-state index contributed by atoms with van der Waals surface area (Å²) >= 11 is 0. The summed E-state index contributed by atoms with van der Waals surface area (Å²) < 4.78 is 15.8. The number of methoxy groups -OCH3 is 1. The van der Waals surface area contributed by atoms with E-state index in [0.717, 1.165) is 57.1 Å². The highest BCUT2D eigenvalue weighted by Crippen LogP contribution is 2.12. The minimum absolute atomic E-state index is 0. The minimum Gasteiger partial charge on any atom is -0.491 e. The number of hydrogen-bond acceptors (Lipinski definition) is 5. The Morgan fingerprint density at radius 3 is 2.65 bits per heavy atom. The molecular weight excluding hydrogens is 447 g/mol. The molecule has 0 unspecified atom stereocenters. The number of nitrogens with two attached hydrogens (primary N) is 1. The number of nitrogens with one attached hydrogen (secondary N) is 1. The maximum absolute atomic E-state index is 5.92. The van der Waals surface area contributed by atoms with Crippen LogP contribution in [0.1, 0.15) is 12.0 Å². The van der Waals surface area contributed by atoms with E-state index in [9.17, 15) is 0 Å². The van der Waals surface area contributed by atoms with Crippen molar-refractivity contribution in [2.45, 2.75) is 13.0 Å². The first-order chi connectivity index (χ1) is 12.3. The maximum atomic E-state index is 5.92. The lowest BCUT2D eigenvalue weighted by Crippen LogP contribution is -2.39. The number of benzene rings is 1. The quantitative estimate of drug-likeness (QED) is 0.230. The topological polar surface area (TPSA) is 81.3 Å². The average Bonchev–Trinajstić information content (AvgIpc) is 2.66. The highest BCUT2D eigenvalue weighted by atomic mass is 127. The summed E-state index contributed by atoms with van der Waals surface area (Å²) in [6.07, 6.45) is 1.05. The predicted molar refractivity (Wildman–Crippen MR) is 114 cm³/mol. The van der Waals surface area contributed by atoms with Crippen LogP contribution in [0.3, 0.4) is 0 Å². The molecule has 1 aliphatic heterocycles. The van der Waals surface area contributed by atoms with Crippen LogP contribution in [-0.2, 0) is 16.0 Å². The van der Waals surface area contributed by atoms with Crippen LogP contribution in [0.2, 0.25) is 0 Å². The molecule has 1 fully saturated rings. The molecule has 1 aromatic carbocycles. The van der Waals surface area contributed by atoms with E-state index in [4.69, 9.17) is 19.9 Å². The zero-order valence-electron chi connectivity index (χ0n) is 15.5. The van der Waals surface area contributed by atoms with Crippen molar-refractivity contribution >= 4 is 29.9 Å². The number of guanidine groups is 1. The van der Waals surface area contributed by atoms with Crippen LogP contribution < -0.4 is 15.8 Å².